The van der Waals surface area contributed by atoms with Crippen molar-refractivity contribution < 1.29 is 13.7 Å². The zero-order valence-electron chi connectivity index (χ0n) is 18.1. The summed E-state index contributed by atoms with van der Waals surface area (Å²) in [4.78, 5) is 23.9. The summed E-state index contributed by atoms with van der Waals surface area (Å²) >= 11 is 0. The average molecular weight is 438 g/mol. The van der Waals surface area contributed by atoms with Gasteiger partial charge in [-0.3, -0.25) is 4.79 Å². The Morgan fingerprint density at radius 2 is 1.81 bits per heavy atom. The van der Waals surface area contributed by atoms with Gasteiger partial charge in [0.2, 0.25) is 5.91 Å². The van der Waals surface area contributed by atoms with Crippen molar-refractivity contribution in [1.82, 2.24) is 20.4 Å². The number of amides is 1. The summed E-state index contributed by atoms with van der Waals surface area (Å²) < 4.78 is 18.9. The quantitative estimate of drug-likeness (QED) is 0.606. The summed E-state index contributed by atoms with van der Waals surface area (Å²) in [7, 11) is 0. The molecule has 168 valence electrons. The SMILES string of the molecule is O=C(NC1CCCCCC1)C1CCCN(c2ncnc3onc(-c4ccc(F)cc4)c23)C1. The molecule has 1 atom stereocenters. The number of anilines is 1. The van der Waals surface area contributed by atoms with Gasteiger partial charge in [0, 0.05) is 24.7 Å². The Bertz CT molecular complexity index is 1080. The lowest BCUT2D eigenvalue weighted by atomic mass is 9.95. The standard InChI is InChI=1S/C24H28FN5O2/c25-18-11-9-16(10-12-18)21-20-22(26-15-27-24(20)32-29-21)30-13-5-6-17(14-30)23(31)28-19-7-3-1-2-4-8-19/h9-12,15,17,19H,1-8,13-14H2,(H,28,31). The van der Waals surface area contributed by atoms with E-state index >= 15 is 0 Å². The highest BCUT2D eigenvalue weighted by molar-refractivity contribution is 5.98. The minimum absolute atomic E-state index is 0.0776. The molecule has 1 N–H and O–H groups in total. The van der Waals surface area contributed by atoms with Crippen LogP contribution in [-0.2, 0) is 4.79 Å². The Morgan fingerprint density at radius 1 is 1.03 bits per heavy atom. The maximum absolute atomic E-state index is 13.4. The van der Waals surface area contributed by atoms with E-state index in [1.54, 1.807) is 12.1 Å². The summed E-state index contributed by atoms with van der Waals surface area (Å²) in [6.45, 7) is 1.39. The molecular weight excluding hydrogens is 409 g/mol. The van der Waals surface area contributed by atoms with Gasteiger partial charge in [-0.05, 0) is 49.9 Å². The minimum Gasteiger partial charge on any atom is -0.355 e. The van der Waals surface area contributed by atoms with Gasteiger partial charge in [-0.25, -0.2) is 9.37 Å². The van der Waals surface area contributed by atoms with Gasteiger partial charge >= 0.3 is 0 Å². The van der Waals surface area contributed by atoms with Crippen molar-refractivity contribution in [2.75, 3.05) is 18.0 Å². The van der Waals surface area contributed by atoms with E-state index in [0.717, 1.165) is 37.8 Å². The molecule has 1 aliphatic carbocycles. The van der Waals surface area contributed by atoms with Crippen LogP contribution in [0.3, 0.4) is 0 Å². The largest absolute Gasteiger partial charge is 0.355 e. The molecule has 2 fully saturated rings. The third kappa shape index (κ3) is 4.31. The molecule has 5 rings (SSSR count). The Kier molecular flexibility index (Phi) is 6.01. The average Bonchev–Trinajstić information content (AvgIpc) is 3.09. The highest BCUT2D eigenvalue weighted by Crippen LogP contribution is 2.35. The molecule has 3 heterocycles. The number of hydrogen-bond donors (Lipinski definition) is 1. The van der Waals surface area contributed by atoms with Gasteiger partial charge in [-0.2, -0.15) is 4.98 Å². The van der Waals surface area contributed by atoms with Crippen LogP contribution in [0.15, 0.2) is 35.1 Å². The van der Waals surface area contributed by atoms with Crippen molar-refractivity contribution in [3.05, 3.63) is 36.4 Å². The number of piperidine rings is 1. The number of carbonyl (C=O) groups is 1. The summed E-state index contributed by atoms with van der Waals surface area (Å²) in [5, 5.41) is 8.19. The Balaban J connectivity index is 1.38. The lowest BCUT2D eigenvalue weighted by Crippen LogP contribution is -2.46. The first-order valence-corrected chi connectivity index (χ1v) is 11.6. The van der Waals surface area contributed by atoms with Crippen molar-refractivity contribution in [3.8, 4) is 11.3 Å². The van der Waals surface area contributed by atoms with Crippen LogP contribution in [0.1, 0.15) is 51.4 Å². The second-order valence-corrected chi connectivity index (χ2v) is 8.90. The number of hydrogen-bond acceptors (Lipinski definition) is 6. The first kappa shape index (κ1) is 20.8. The van der Waals surface area contributed by atoms with E-state index in [9.17, 15) is 9.18 Å². The molecule has 1 saturated heterocycles. The van der Waals surface area contributed by atoms with E-state index in [4.69, 9.17) is 4.52 Å². The van der Waals surface area contributed by atoms with Gasteiger partial charge in [0.05, 0.1) is 5.92 Å². The van der Waals surface area contributed by atoms with Crippen LogP contribution in [0.25, 0.3) is 22.4 Å². The fourth-order valence-electron chi connectivity index (χ4n) is 4.94. The second-order valence-electron chi connectivity index (χ2n) is 8.90. The number of rotatable bonds is 4. The van der Waals surface area contributed by atoms with Crippen molar-refractivity contribution in [3.63, 3.8) is 0 Å². The molecule has 7 nitrogen and oxygen atoms in total. The number of nitrogens with zero attached hydrogens (tertiary/aromatic N) is 4. The predicted molar refractivity (Wildman–Crippen MR) is 120 cm³/mol. The maximum Gasteiger partial charge on any atom is 0.263 e. The third-order valence-electron chi connectivity index (χ3n) is 6.66. The third-order valence-corrected chi connectivity index (χ3v) is 6.66. The molecule has 2 aliphatic rings. The molecule has 1 amide bonds. The van der Waals surface area contributed by atoms with Gasteiger partial charge in [-0.1, -0.05) is 30.8 Å². The Hall–Kier alpha value is -3.03. The molecule has 2 aromatic heterocycles. The van der Waals surface area contributed by atoms with Crippen molar-refractivity contribution in [1.29, 1.82) is 0 Å². The summed E-state index contributed by atoms with van der Waals surface area (Å²) in [5.74, 6) is 0.473. The zero-order chi connectivity index (χ0) is 21.9. The van der Waals surface area contributed by atoms with E-state index in [0.29, 0.717) is 35.2 Å². The van der Waals surface area contributed by atoms with Gasteiger partial charge in [0.25, 0.3) is 5.71 Å². The van der Waals surface area contributed by atoms with Crippen LogP contribution >= 0.6 is 0 Å². The summed E-state index contributed by atoms with van der Waals surface area (Å²) in [6, 6.07) is 6.43. The highest BCUT2D eigenvalue weighted by atomic mass is 19.1. The molecule has 0 bridgehead atoms. The van der Waals surface area contributed by atoms with E-state index in [2.05, 4.69) is 25.3 Å². The Labute approximate surface area is 186 Å². The minimum atomic E-state index is -0.309. The number of fused-ring (bicyclic) bond motifs is 1. The van der Waals surface area contributed by atoms with Crippen LogP contribution in [0.4, 0.5) is 10.2 Å². The van der Waals surface area contributed by atoms with Gasteiger partial charge < -0.3 is 14.7 Å². The first-order valence-electron chi connectivity index (χ1n) is 11.6. The summed E-state index contributed by atoms with van der Waals surface area (Å²) in [5.41, 5.74) is 1.71. The number of aromatic nitrogens is 3. The van der Waals surface area contributed by atoms with Crippen LogP contribution in [0.2, 0.25) is 0 Å². The molecular formula is C24H28FN5O2. The van der Waals surface area contributed by atoms with E-state index in [1.807, 2.05) is 0 Å². The molecule has 0 spiro atoms. The van der Waals surface area contributed by atoms with Gasteiger partial charge in [0.1, 0.15) is 29.0 Å². The molecule has 1 aliphatic heterocycles. The lowest BCUT2D eigenvalue weighted by Gasteiger charge is -2.33. The Morgan fingerprint density at radius 3 is 2.59 bits per heavy atom. The molecule has 8 heteroatoms. The first-order chi connectivity index (χ1) is 15.7. The zero-order valence-corrected chi connectivity index (χ0v) is 18.1. The smallest absolute Gasteiger partial charge is 0.263 e. The molecule has 0 radical (unpaired) electrons. The number of halogens is 1. The van der Waals surface area contributed by atoms with E-state index in [-0.39, 0.29) is 17.6 Å². The van der Waals surface area contributed by atoms with Crippen LogP contribution in [0, 0.1) is 11.7 Å². The molecule has 3 aromatic rings. The van der Waals surface area contributed by atoms with Crippen LogP contribution < -0.4 is 10.2 Å². The molecule has 1 aromatic carbocycles. The fourth-order valence-corrected chi connectivity index (χ4v) is 4.94. The topological polar surface area (TPSA) is 84.2 Å². The number of nitrogens with one attached hydrogen (secondary N) is 1. The van der Waals surface area contributed by atoms with E-state index in [1.165, 1.54) is 44.1 Å². The predicted octanol–water partition coefficient (Wildman–Crippen LogP) is 4.48. The highest BCUT2D eigenvalue weighted by Gasteiger charge is 2.30. The van der Waals surface area contributed by atoms with Crippen molar-refractivity contribution in [2.24, 2.45) is 5.92 Å². The van der Waals surface area contributed by atoms with Gasteiger partial charge in [-0.15, -0.1) is 0 Å². The number of carbonyl (C=O) groups excluding carboxylic acids is 1. The molecule has 1 saturated carbocycles. The fraction of sp³-hybridized carbons (Fsp3) is 0.500. The van der Waals surface area contributed by atoms with Crippen molar-refractivity contribution in [2.45, 2.75) is 57.4 Å². The number of benzene rings is 1. The second kappa shape index (κ2) is 9.22. The molecule has 1 unspecified atom stereocenters. The summed E-state index contributed by atoms with van der Waals surface area (Å²) in [6.07, 6.45) is 10.3. The van der Waals surface area contributed by atoms with Crippen LogP contribution in [0.5, 0.6) is 0 Å². The lowest BCUT2D eigenvalue weighted by molar-refractivity contribution is -0.126. The van der Waals surface area contributed by atoms with Gasteiger partial charge in [0.15, 0.2) is 0 Å². The monoisotopic (exact) mass is 437 g/mol. The van der Waals surface area contributed by atoms with Crippen LogP contribution in [-0.4, -0.2) is 40.2 Å². The molecule has 32 heavy (non-hydrogen) atoms. The van der Waals surface area contributed by atoms with E-state index < -0.39 is 0 Å². The maximum atomic E-state index is 13.4. The van der Waals surface area contributed by atoms with Crippen molar-refractivity contribution >= 4 is 22.8 Å². The normalized spacial score (nSPS) is 20.3.